The Morgan fingerprint density at radius 2 is 1.42 bits per heavy atom. The predicted octanol–water partition coefficient (Wildman–Crippen LogP) is 4.16. The van der Waals surface area contributed by atoms with E-state index in [9.17, 15) is 34.8 Å². The summed E-state index contributed by atoms with van der Waals surface area (Å²) in [5, 5.41) is -1.81. The van der Waals surface area contributed by atoms with Gasteiger partial charge in [-0.05, 0) is 37.1 Å². The molecular weight excluding hydrogens is 364 g/mol. The first-order valence-corrected chi connectivity index (χ1v) is 7.70. The summed E-state index contributed by atoms with van der Waals surface area (Å²) >= 11 is 0. The Bertz CT molecular complexity index is 860. The Kier molecular flexibility index (Phi) is 4.20. The zero-order chi connectivity index (χ0) is 18.5. The first kappa shape index (κ1) is 18.3. The number of rotatable bonds is 2. The summed E-state index contributed by atoms with van der Waals surface area (Å²) in [5.41, 5.74) is 0.809. The third kappa shape index (κ3) is 3.40. The first-order valence-electron chi connectivity index (χ1n) is 6.21. The predicted molar refractivity (Wildman–Crippen MR) is 67.9 cm³/mol. The number of sulfone groups is 1. The molecule has 2 rings (SSSR count). The molecule has 2 aromatic rings. The Balaban J connectivity index is 2.76. The van der Waals surface area contributed by atoms with Crippen molar-refractivity contribution in [3.8, 4) is 0 Å². The fourth-order valence-corrected chi connectivity index (χ4v) is 3.50. The number of aromatic nitrogens is 1. The molecule has 4 nitrogen and oxygen atoms in total. The highest BCUT2D eigenvalue weighted by Gasteiger charge is 2.48. The Morgan fingerprint density at radius 3 is 1.83 bits per heavy atom. The minimum Gasteiger partial charge on any atom is -0.427 e. The van der Waals surface area contributed by atoms with E-state index in [4.69, 9.17) is 0 Å². The van der Waals surface area contributed by atoms with Crippen molar-refractivity contribution >= 4 is 9.84 Å². The lowest BCUT2D eigenvalue weighted by Crippen LogP contribution is -2.12. The lowest BCUT2D eigenvalue weighted by Gasteiger charge is -2.07. The molecule has 132 valence electrons. The van der Waals surface area contributed by atoms with Gasteiger partial charge in [0, 0.05) is 0 Å². The molecule has 0 N–H and O–H groups in total. The average molecular weight is 373 g/mol. The van der Waals surface area contributed by atoms with Gasteiger partial charge in [-0.1, -0.05) is 6.07 Å². The zero-order valence-electron chi connectivity index (χ0n) is 12.1. The van der Waals surface area contributed by atoms with E-state index in [1.54, 1.807) is 6.07 Å². The normalized spacial score (nSPS) is 13.3. The third-order valence-corrected chi connectivity index (χ3v) is 4.50. The molecule has 1 aromatic carbocycles. The number of hydrogen-bond donors (Lipinski definition) is 0. The standard InChI is InChI=1S/C13H9F6NO3S/c1-6-3-7(2)5-8(4-6)24(21,22)10-9(12(14,15)16)23-11(20-10)13(17,18)19/h3-5H,1-2H3. The largest absolute Gasteiger partial charge is 0.468 e. The van der Waals surface area contributed by atoms with Gasteiger partial charge in [0.1, 0.15) is 0 Å². The van der Waals surface area contributed by atoms with Crippen molar-refractivity contribution in [1.82, 2.24) is 4.98 Å². The van der Waals surface area contributed by atoms with Crippen LogP contribution in [0, 0.1) is 13.8 Å². The highest BCUT2D eigenvalue weighted by molar-refractivity contribution is 7.91. The molecule has 1 heterocycles. The van der Waals surface area contributed by atoms with Crippen molar-refractivity contribution in [3.63, 3.8) is 0 Å². The molecule has 0 saturated carbocycles. The van der Waals surface area contributed by atoms with Gasteiger partial charge in [-0.25, -0.2) is 8.42 Å². The van der Waals surface area contributed by atoms with Crippen LogP contribution in [0.5, 0.6) is 0 Å². The molecule has 1 aromatic heterocycles. The van der Waals surface area contributed by atoms with E-state index in [0.29, 0.717) is 11.1 Å². The van der Waals surface area contributed by atoms with Crippen molar-refractivity contribution in [2.45, 2.75) is 36.1 Å². The number of aryl methyl sites for hydroxylation is 2. The average Bonchev–Trinajstić information content (AvgIpc) is 2.82. The van der Waals surface area contributed by atoms with Crippen molar-refractivity contribution < 1.29 is 39.2 Å². The summed E-state index contributed by atoms with van der Waals surface area (Å²) in [6.07, 6.45) is -10.8. The molecule has 11 heteroatoms. The van der Waals surface area contributed by atoms with E-state index in [0.717, 1.165) is 12.1 Å². The first-order chi connectivity index (χ1) is 10.7. The fraction of sp³-hybridized carbons (Fsp3) is 0.308. The minimum absolute atomic E-state index is 0.404. The van der Waals surface area contributed by atoms with Crippen LogP contribution in [0.15, 0.2) is 32.5 Å². The minimum atomic E-state index is -5.46. The highest BCUT2D eigenvalue weighted by atomic mass is 32.2. The van der Waals surface area contributed by atoms with Crippen molar-refractivity contribution in [2.75, 3.05) is 0 Å². The van der Waals surface area contributed by atoms with E-state index in [1.807, 2.05) is 0 Å². The molecule has 24 heavy (non-hydrogen) atoms. The molecule has 0 amide bonds. The molecule has 0 bridgehead atoms. The second kappa shape index (κ2) is 5.50. The second-order valence-corrected chi connectivity index (χ2v) is 6.84. The van der Waals surface area contributed by atoms with Crippen LogP contribution in [-0.4, -0.2) is 13.4 Å². The van der Waals surface area contributed by atoms with Gasteiger partial charge >= 0.3 is 18.2 Å². The number of alkyl halides is 6. The Morgan fingerprint density at radius 1 is 0.917 bits per heavy atom. The summed E-state index contributed by atoms with van der Waals surface area (Å²) < 4.78 is 105. The second-order valence-electron chi connectivity index (χ2n) is 4.98. The maximum Gasteiger partial charge on any atom is 0.468 e. The number of benzene rings is 1. The van der Waals surface area contributed by atoms with Crippen LogP contribution in [0.4, 0.5) is 26.3 Å². The van der Waals surface area contributed by atoms with Crippen LogP contribution in [-0.2, 0) is 22.2 Å². The Labute approximate surface area is 132 Å². The number of nitrogens with zero attached hydrogens (tertiary/aromatic N) is 1. The highest BCUT2D eigenvalue weighted by Crippen LogP contribution is 2.40. The fourth-order valence-electron chi connectivity index (χ4n) is 1.99. The van der Waals surface area contributed by atoms with Gasteiger partial charge in [0.15, 0.2) is 0 Å². The maximum atomic E-state index is 12.9. The molecule has 0 spiro atoms. The number of hydrogen-bond acceptors (Lipinski definition) is 4. The molecule has 0 radical (unpaired) electrons. The SMILES string of the molecule is Cc1cc(C)cc(S(=O)(=O)c2nc(C(F)(F)F)oc2C(F)(F)F)c1. The Hall–Kier alpha value is -2.04. The van der Waals surface area contributed by atoms with Crippen LogP contribution >= 0.6 is 0 Å². The quantitative estimate of drug-likeness (QED) is 0.742. The van der Waals surface area contributed by atoms with Gasteiger partial charge in [0.25, 0.3) is 0 Å². The smallest absolute Gasteiger partial charge is 0.427 e. The monoisotopic (exact) mass is 373 g/mol. The lowest BCUT2D eigenvalue weighted by atomic mass is 10.2. The zero-order valence-corrected chi connectivity index (χ0v) is 12.9. The van der Waals surface area contributed by atoms with E-state index >= 15 is 0 Å². The van der Waals surface area contributed by atoms with Gasteiger partial charge < -0.3 is 4.42 Å². The van der Waals surface area contributed by atoms with Crippen LogP contribution in [0.1, 0.15) is 22.8 Å². The summed E-state index contributed by atoms with van der Waals surface area (Å²) in [6, 6.07) is 3.61. The molecule has 0 atom stereocenters. The van der Waals surface area contributed by atoms with E-state index in [2.05, 4.69) is 9.40 Å². The molecule has 0 unspecified atom stereocenters. The van der Waals surface area contributed by atoms with Crippen LogP contribution in [0.25, 0.3) is 0 Å². The van der Waals surface area contributed by atoms with E-state index in [1.165, 1.54) is 13.8 Å². The maximum absolute atomic E-state index is 12.9. The lowest BCUT2D eigenvalue weighted by molar-refractivity contribution is -0.173. The van der Waals surface area contributed by atoms with Crippen molar-refractivity contribution in [3.05, 3.63) is 41.0 Å². The van der Waals surface area contributed by atoms with Crippen molar-refractivity contribution in [2.24, 2.45) is 0 Å². The molecule has 0 aliphatic carbocycles. The summed E-state index contributed by atoms with van der Waals surface area (Å²) in [6.45, 7) is 2.97. The molecular formula is C13H9F6NO3S. The van der Waals surface area contributed by atoms with Gasteiger partial charge in [-0.3, -0.25) is 0 Å². The third-order valence-electron chi connectivity index (χ3n) is 2.86. The summed E-state index contributed by atoms with van der Waals surface area (Å²) in [7, 11) is -4.96. The summed E-state index contributed by atoms with van der Waals surface area (Å²) in [4.78, 5) is 1.95. The van der Waals surface area contributed by atoms with Crippen LogP contribution in [0.2, 0.25) is 0 Å². The van der Waals surface area contributed by atoms with E-state index in [-0.39, 0.29) is 0 Å². The molecule has 0 aliphatic rings. The van der Waals surface area contributed by atoms with Gasteiger partial charge in [-0.2, -0.15) is 31.3 Å². The van der Waals surface area contributed by atoms with E-state index < -0.39 is 43.8 Å². The van der Waals surface area contributed by atoms with Gasteiger partial charge in [-0.15, -0.1) is 0 Å². The topological polar surface area (TPSA) is 60.2 Å². The van der Waals surface area contributed by atoms with Gasteiger partial charge in [0.05, 0.1) is 4.90 Å². The van der Waals surface area contributed by atoms with Crippen LogP contribution in [0.3, 0.4) is 0 Å². The number of halogens is 6. The number of oxazole rings is 1. The molecule has 0 aliphatic heterocycles. The molecule has 0 saturated heterocycles. The summed E-state index contributed by atoms with van der Waals surface area (Å²) in [5.74, 6) is -4.59. The van der Waals surface area contributed by atoms with Crippen LogP contribution < -0.4 is 0 Å². The molecule has 0 fully saturated rings. The van der Waals surface area contributed by atoms with Gasteiger partial charge in [0.2, 0.25) is 20.6 Å². The van der Waals surface area contributed by atoms with Crippen molar-refractivity contribution in [1.29, 1.82) is 0 Å².